The largest absolute Gasteiger partial charge is 0.508 e. The van der Waals surface area contributed by atoms with Crippen LogP contribution in [0.5, 0.6) is 11.5 Å². The van der Waals surface area contributed by atoms with Gasteiger partial charge in [-0.25, -0.2) is 0 Å². The molecule has 5 atom stereocenters. The van der Waals surface area contributed by atoms with E-state index in [1.54, 1.807) is 30.7 Å². The van der Waals surface area contributed by atoms with Crippen molar-refractivity contribution in [1.29, 1.82) is 0 Å². The van der Waals surface area contributed by atoms with Crippen LogP contribution in [0.1, 0.15) is 6.42 Å². The molecular weight excluding hydrogens is 580 g/mol. The molecule has 0 radical (unpaired) electrons. The fourth-order valence-corrected chi connectivity index (χ4v) is 4.88. The zero-order valence-corrected chi connectivity index (χ0v) is 22.7. The number of nitrogens with zero attached hydrogens (tertiary/aromatic N) is 1. The standard InChI is InChI=1S/C30H26N2O12/c33-17-3-1-15(2-4-17)20-13-40-22-9-18(5-6-19(22)26(20)37)42-30-29(44-32-11-16-7-8-31-21(16)12-32)28(39)27(38)23(43-30)14-41-25(36)10-24(34)35/h1-9,11-13,23,27-31,33,38-39H,10,14H2,(H,34,35)/t23-,27-,28+,29-,30-/m0/s1. The van der Waals surface area contributed by atoms with Gasteiger partial charge in [0.1, 0.15) is 54.7 Å². The number of carbonyl (C=O) groups excluding carboxylic acids is 1. The van der Waals surface area contributed by atoms with Crippen molar-refractivity contribution < 1.29 is 53.5 Å². The second-order valence-corrected chi connectivity index (χ2v) is 10.1. The van der Waals surface area contributed by atoms with Gasteiger partial charge >= 0.3 is 11.9 Å². The number of aromatic nitrogens is 2. The summed E-state index contributed by atoms with van der Waals surface area (Å²) in [4.78, 5) is 44.7. The highest BCUT2D eigenvalue weighted by Gasteiger charge is 2.48. The van der Waals surface area contributed by atoms with Crippen LogP contribution in [-0.2, 0) is 19.1 Å². The summed E-state index contributed by atoms with van der Waals surface area (Å²) in [6, 6.07) is 12.3. The zero-order valence-electron chi connectivity index (χ0n) is 22.7. The van der Waals surface area contributed by atoms with Crippen molar-refractivity contribution in [3.63, 3.8) is 0 Å². The third-order valence-electron chi connectivity index (χ3n) is 7.10. The SMILES string of the molecule is O=C(O)CC(=O)OC[C@@H]1O[C@H](Oc2ccc3c(=O)c(-c4ccc(O)cc4)coc3c2)[C@@H](On2cc3cc[nH]c3c2)[C@H](O)[C@H]1O. The number of phenols is 1. The molecule has 14 nitrogen and oxygen atoms in total. The number of esters is 1. The fraction of sp³-hybridized carbons (Fsp3) is 0.233. The van der Waals surface area contributed by atoms with Gasteiger partial charge in [0.15, 0.2) is 5.43 Å². The van der Waals surface area contributed by atoms with Gasteiger partial charge in [-0.05, 0) is 35.9 Å². The first-order chi connectivity index (χ1) is 21.2. The average Bonchev–Trinajstić information content (AvgIpc) is 3.59. The Morgan fingerprint density at radius 2 is 1.82 bits per heavy atom. The molecule has 1 aliphatic heterocycles. The summed E-state index contributed by atoms with van der Waals surface area (Å²) in [6.07, 6.45) is -1.84. The van der Waals surface area contributed by atoms with E-state index in [2.05, 4.69) is 4.98 Å². The molecular formula is C30H26N2O12. The van der Waals surface area contributed by atoms with E-state index in [0.717, 1.165) is 10.9 Å². The van der Waals surface area contributed by atoms with E-state index in [1.807, 2.05) is 6.07 Å². The number of hydrogen-bond acceptors (Lipinski definition) is 11. The van der Waals surface area contributed by atoms with Crippen molar-refractivity contribution in [2.45, 2.75) is 37.1 Å². The van der Waals surface area contributed by atoms with E-state index < -0.39 is 55.7 Å². The summed E-state index contributed by atoms with van der Waals surface area (Å²) in [7, 11) is 0. The van der Waals surface area contributed by atoms with Crippen LogP contribution in [0.15, 0.2) is 82.6 Å². The Hall–Kier alpha value is -5.31. The number of carboxylic acid groups (broad SMARTS) is 1. The summed E-state index contributed by atoms with van der Waals surface area (Å²) < 4.78 is 23.9. The van der Waals surface area contributed by atoms with Crippen LogP contribution >= 0.6 is 0 Å². The number of benzene rings is 2. The smallest absolute Gasteiger partial charge is 0.317 e. The zero-order chi connectivity index (χ0) is 31.0. The highest BCUT2D eigenvalue weighted by molar-refractivity contribution is 5.90. The molecule has 4 heterocycles. The topological polar surface area (TPSA) is 203 Å². The van der Waals surface area contributed by atoms with Gasteiger partial charge in [-0.15, -0.1) is 0 Å². The predicted octanol–water partition coefficient (Wildman–Crippen LogP) is 1.79. The van der Waals surface area contributed by atoms with Crippen LogP contribution in [0.25, 0.3) is 33.0 Å². The van der Waals surface area contributed by atoms with Gasteiger partial charge in [-0.2, -0.15) is 4.73 Å². The number of aromatic hydroxyl groups is 1. The number of rotatable bonds is 9. The van der Waals surface area contributed by atoms with Gasteiger partial charge in [0, 0.05) is 17.6 Å². The molecule has 5 aromatic rings. The maximum absolute atomic E-state index is 13.2. The molecule has 0 amide bonds. The number of aliphatic carboxylic acids is 1. The molecule has 14 heteroatoms. The van der Waals surface area contributed by atoms with Crippen molar-refractivity contribution in [2.24, 2.45) is 0 Å². The monoisotopic (exact) mass is 606 g/mol. The molecule has 0 spiro atoms. The minimum absolute atomic E-state index is 0.0561. The maximum atomic E-state index is 13.2. The number of aromatic amines is 1. The number of nitrogens with one attached hydrogen (secondary N) is 1. The summed E-state index contributed by atoms with van der Waals surface area (Å²) >= 11 is 0. The third-order valence-corrected chi connectivity index (χ3v) is 7.10. The maximum Gasteiger partial charge on any atom is 0.317 e. The second-order valence-electron chi connectivity index (χ2n) is 10.1. The van der Waals surface area contributed by atoms with Crippen LogP contribution in [0.3, 0.4) is 0 Å². The van der Waals surface area contributed by atoms with Gasteiger partial charge in [0.05, 0.1) is 28.9 Å². The van der Waals surface area contributed by atoms with Crippen LogP contribution in [-0.4, -0.2) is 79.4 Å². The Balaban J connectivity index is 1.27. The molecule has 1 aliphatic rings. The summed E-state index contributed by atoms with van der Waals surface area (Å²) in [5.74, 6) is -2.24. The molecule has 0 aliphatic carbocycles. The minimum Gasteiger partial charge on any atom is -0.508 e. The van der Waals surface area contributed by atoms with Crippen molar-refractivity contribution in [3.8, 4) is 22.6 Å². The Morgan fingerprint density at radius 3 is 2.57 bits per heavy atom. The quantitative estimate of drug-likeness (QED) is 0.120. The number of hydrogen-bond donors (Lipinski definition) is 5. The van der Waals surface area contributed by atoms with E-state index in [0.29, 0.717) is 5.56 Å². The van der Waals surface area contributed by atoms with Gasteiger partial charge in [-0.1, -0.05) is 12.1 Å². The van der Waals surface area contributed by atoms with Gasteiger partial charge in [0.2, 0.25) is 12.4 Å². The molecule has 0 saturated carbocycles. The van der Waals surface area contributed by atoms with E-state index >= 15 is 0 Å². The number of phenolic OH excluding ortho intramolecular Hbond substituents is 1. The molecule has 2 aromatic carbocycles. The van der Waals surface area contributed by atoms with Gasteiger partial charge < -0.3 is 48.9 Å². The van der Waals surface area contributed by atoms with Crippen molar-refractivity contribution >= 4 is 33.8 Å². The number of carbonyl (C=O) groups is 2. The van der Waals surface area contributed by atoms with Crippen LogP contribution in [0, 0.1) is 0 Å². The molecule has 0 unspecified atom stereocenters. The summed E-state index contributed by atoms with van der Waals surface area (Å²) in [5.41, 5.74) is 1.45. The average molecular weight is 607 g/mol. The van der Waals surface area contributed by atoms with Crippen LogP contribution in [0.2, 0.25) is 0 Å². The minimum atomic E-state index is -1.61. The second kappa shape index (κ2) is 11.8. The normalized spacial score (nSPS) is 21.7. The predicted molar refractivity (Wildman–Crippen MR) is 151 cm³/mol. The lowest BCUT2D eigenvalue weighted by Gasteiger charge is -2.41. The Kier molecular flexibility index (Phi) is 7.69. The number of aliphatic hydroxyl groups is 2. The molecule has 228 valence electrons. The number of H-pyrrole nitrogens is 1. The highest BCUT2D eigenvalue weighted by atomic mass is 16.7. The molecule has 0 bridgehead atoms. The van der Waals surface area contributed by atoms with Crippen molar-refractivity contribution in [2.75, 3.05) is 6.61 Å². The Bertz CT molecular complexity index is 1850. The first-order valence-corrected chi connectivity index (χ1v) is 13.4. The van der Waals surface area contributed by atoms with Crippen molar-refractivity contribution in [3.05, 3.63) is 83.6 Å². The number of carboxylic acids is 1. The fourth-order valence-electron chi connectivity index (χ4n) is 4.88. The van der Waals surface area contributed by atoms with Gasteiger partial charge in [0.25, 0.3) is 0 Å². The molecule has 3 aromatic heterocycles. The Morgan fingerprint density at radius 1 is 1.02 bits per heavy atom. The van der Waals surface area contributed by atoms with Crippen molar-refractivity contribution in [1.82, 2.24) is 9.71 Å². The van der Waals surface area contributed by atoms with E-state index in [9.17, 15) is 29.7 Å². The summed E-state index contributed by atoms with van der Waals surface area (Å²) in [6.45, 7) is -0.573. The lowest BCUT2D eigenvalue weighted by Crippen LogP contribution is -2.63. The molecule has 6 rings (SSSR count). The number of aliphatic hydroxyl groups excluding tert-OH is 2. The Labute approximate surface area is 247 Å². The van der Waals surface area contributed by atoms with E-state index in [1.165, 1.54) is 41.3 Å². The molecule has 44 heavy (non-hydrogen) atoms. The lowest BCUT2D eigenvalue weighted by atomic mass is 9.99. The molecule has 1 fully saturated rings. The number of ether oxygens (including phenoxy) is 3. The molecule has 1 saturated heterocycles. The van der Waals surface area contributed by atoms with Crippen LogP contribution in [0.4, 0.5) is 0 Å². The van der Waals surface area contributed by atoms with Gasteiger partial charge in [-0.3, -0.25) is 14.4 Å². The first kappa shape index (κ1) is 28.8. The van der Waals surface area contributed by atoms with E-state index in [4.69, 9.17) is 28.6 Å². The molecule has 5 N–H and O–H groups in total. The third kappa shape index (κ3) is 5.81. The highest BCUT2D eigenvalue weighted by Crippen LogP contribution is 2.29. The van der Waals surface area contributed by atoms with E-state index in [-0.39, 0.29) is 33.5 Å². The van der Waals surface area contributed by atoms with Crippen LogP contribution < -0.4 is 15.0 Å². The lowest BCUT2D eigenvalue weighted by molar-refractivity contribution is -0.288. The summed E-state index contributed by atoms with van der Waals surface area (Å²) in [5, 5.41) is 41.3. The first-order valence-electron chi connectivity index (χ1n) is 13.4. The number of fused-ring (bicyclic) bond motifs is 2.